The van der Waals surface area contributed by atoms with Gasteiger partial charge in [0, 0.05) is 11.4 Å². The second kappa shape index (κ2) is 6.54. The fourth-order valence-corrected chi connectivity index (χ4v) is 1.32. The molecule has 1 heterocycles. The summed E-state index contributed by atoms with van der Waals surface area (Å²) in [7, 11) is 0. The van der Waals surface area contributed by atoms with Crippen molar-refractivity contribution < 1.29 is 0 Å². The van der Waals surface area contributed by atoms with E-state index < -0.39 is 0 Å². The van der Waals surface area contributed by atoms with Crippen LogP contribution < -0.4 is 5.32 Å². The standard InChI is InChI=1S/C16H19N/c1-13-9-5-7-11-15(3)17-16(4)12-8-6-10-14(13)2/h5-12,14,17H,1,3-4H2,2H3/b9-5-,10-6-,11-7-,12-8-. The van der Waals surface area contributed by atoms with Crippen molar-refractivity contribution in [3.05, 3.63) is 85.3 Å². The summed E-state index contributed by atoms with van der Waals surface area (Å²) in [5.74, 6) is 0.328. The third-order valence-electron chi connectivity index (χ3n) is 2.43. The van der Waals surface area contributed by atoms with E-state index in [4.69, 9.17) is 0 Å². The second-order valence-electron chi connectivity index (χ2n) is 4.00. The summed E-state index contributed by atoms with van der Waals surface area (Å²) in [5, 5.41) is 3.09. The van der Waals surface area contributed by atoms with Gasteiger partial charge < -0.3 is 5.32 Å². The van der Waals surface area contributed by atoms with Crippen molar-refractivity contribution in [1.82, 2.24) is 5.32 Å². The Morgan fingerprint density at radius 2 is 1.41 bits per heavy atom. The predicted molar refractivity (Wildman–Crippen MR) is 76.3 cm³/mol. The molecule has 0 aliphatic carbocycles. The summed E-state index contributed by atoms with van der Waals surface area (Å²) in [6.45, 7) is 13.9. The Morgan fingerprint density at radius 1 is 0.882 bits per heavy atom. The first-order valence-corrected chi connectivity index (χ1v) is 5.63. The van der Waals surface area contributed by atoms with Crippen LogP contribution in [-0.4, -0.2) is 0 Å². The minimum atomic E-state index is 0.328. The maximum absolute atomic E-state index is 4.03. The van der Waals surface area contributed by atoms with Crippen LogP contribution in [0.3, 0.4) is 0 Å². The van der Waals surface area contributed by atoms with E-state index in [2.05, 4.69) is 38.1 Å². The molecule has 0 aromatic rings. The van der Waals surface area contributed by atoms with E-state index in [1.165, 1.54) is 0 Å². The summed E-state index contributed by atoms with van der Waals surface area (Å²) >= 11 is 0. The topological polar surface area (TPSA) is 12.0 Å². The van der Waals surface area contributed by atoms with Gasteiger partial charge in [0.15, 0.2) is 0 Å². The fraction of sp³-hybridized carbons (Fsp3) is 0.125. The minimum Gasteiger partial charge on any atom is -0.356 e. The highest BCUT2D eigenvalue weighted by Crippen LogP contribution is 2.11. The molecule has 0 saturated heterocycles. The zero-order chi connectivity index (χ0) is 12.7. The van der Waals surface area contributed by atoms with Crippen LogP contribution in [0.4, 0.5) is 0 Å². The molecule has 88 valence electrons. The highest BCUT2D eigenvalue weighted by molar-refractivity contribution is 5.31. The van der Waals surface area contributed by atoms with Crippen molar-refractivity contribution in [1.29, 1.82) is 0 Å². The number of nitrogens with one attached hydrogen (secondary N) is 1. The van der Waals surface area contributed by atoms with Gasteiger partial charge in [-0.25, -0.2) is 0 Å². The van der Waals surface area contributed by atoms with E-state index in [0.29, 0.717) is 5.92 Å². The van der Waals surface area contributed by atoms with Crippen molar-refractivity contribution in [2.45, 2.75) is 6.92 Å². The molecule has 0 saturated carbocycles. The molecule has 0 fully saturated rings. The highest BCUT2D eigenvalue weighted by Gasteiger charge is 1.97. The van der Waals surface area contributed by atoms with Crippen LogP contribution in [0, 0.1) is 5.92 Å². The number of allylic oxidation sites excluding steroid dienone is 9. The second-order valence-corrected chi connectivity index (χ2v) is 4.00. The van der Waals surface area contributed by atoms with Gasteiger partial charge in [0.25, 0.3) is 0 Å². The molecule has 0 radical (unpaired) electrons. The van der Waals surface area contributed by atoms with Crippen LogP contribution >= 0.6 is 0 Å². The van der Waals surface area contributed by atoms with Gasteiger partial charge in [-0.1, -0.05) is 63.1 Å². The van der Waals surface area contributed by atoms with Crippen molar-refractivity contribution in [3.8, 4) is 0 Å². The Bertz CT molecular complexity index is 430. The predicted octanol–water partition coefficient (Wildman–Crippen LogP) is 4.03. The quantitative estimate of drug-likeness (QED) is 0.656. The largest absolute Gasteiger partial charge is 0.356 e. The fourth-order valence-electron chi connectivity index (χ4n) is 1.32. The van der Waals surface area contributed by atoms with E-state index in [1.807, 2.05) is 42.5 Å². The van der Waals surface area contributed by atoms with Crippen LogP contribution in [0.1, 0.15) is 6.92 Å². The first-order chi connectivity index (χ1) is 8.09. The number of hydrogen-bond acceptors (Lipinski definition) is 1. The zero-order valence-electron chi connectivity index (χ0n) is 10.3. The Labute approximate surface area is 104 Å². The molecule has 1 unspecified atom stereocenters. The molecule has 1 nitrogen and oxygen atoms in total. The molecule has 1 N–H and O–H groups in total. The molecule has 0 aromatic carbocycles. The normalized spacial score (nSPS) is 29.2. The monoisotopic (exact) mass is 225 g/mol. The Hall–Kier alpha value is -2.02. The van der Waals surface area contributed by atoms with Crippen LogP contribution in [0.2, 0.25) is 0 Å². The molecule has 1 aliphatic heterocycles. The maximum atomic E-state index is 4.03. The number of hydrogen-bond donors (Lipinski definition) is 1. The summed E-state index contributed by atoms with van der Waals surface area (Å²) < 4.78 is 0. The lowest BCUT2D eigenvalue weighted by molar-refractivity contribution is 0.896. The van der Waals surface area contributed by atoms with Gasteiger partial charge in [-0.2, -0.15) is 0 Å². The molecular formula is C16H19N. The molecule has 0 aromatic heterocycles. The van der Waals surface area contributed by atoms with Gasteiger partial charge in [-0.05, 0) is 23.6 Å². The summed E-state index contributed by atoms with van der Waals surface area (Å²) in [5.41, 5.74) is 2.71. The van der Waals surface area contributed by atoms with Crippen molar-refractivity contribution in [2.75, 3.05) is 0 Å². The summed E-state index contributed by atoms with van der Waals surface area (Å²) in [6, 6.07) is 0. The molecule has 1 heteroatoms. The van der Waals surface area contributed by atoms with E-state index >= 15 is 0 Å². The lowest BCUT2D eigenvalue weighted by Gasteiger charge is -2.04. The van der Waals surface area contributed by atoms with E-state index in [1.54, 1.807) is 0 Å². The van der Waals surface area contributed by atoms with Gasteiger partial charge in [0.2, 0.25) is 0 Å². The first kappa shape index (κ1) is 13.0. The zero-order valence-corrected chi connectivity index (χ0v) is 10.3. The average molecular weight is 225 g/mol. The van der Waals surface area contributed by atoms with Crippen LogP contribution in [0.25, 0.3) is 0 Å². The number of rotatable bonds is 0. The maximum Gasteiger partial charge on any atom is 0.0311 e. The third kappa shape index (κ3) is 5.03. The summed E-state index contributed by atoms with van der Waals surface area (Å²) in [4.78, 5) is 0. The highest BCUT2D eigenvalue weighted by atomic mass is 14.9. The van der Waals surface area contributed by atoms with Gasteiger partial charge in [-0.15, -0.1) is 0 Å². The lowest BCUT2D eigenvalue weighted by atomic mass is 10.0. The first-order valence-electron chi connectivity index (χ1n) is 5.63. The SMILES string of the molecule is C=C1/C=C\C=C/C(=C)C(C)/C=C\C=C/C(=C)N1. The average Bonchev–Trinajstić information content (AvgIpc) is 2.29. The van der Waals surface area contributed by atoms with Crippen LogP contribution in [-0.2, 0) is 0 Å². The van der Waals surface area contributed by atoms with Gasteiger partial charge in [0.1, 0.15) is 0 Å². The molecule has 0 amide bonds. The van der Waals surface area contributed by atoms with Crippen LogP contribution in [0.15, 0.2) is 85.3 Å². The molecule has 0 bridgehead atoms. The minimum absolute atomic E-state index is 0.328. The van der Waals surface area contributed by atoms with E-state index in [-0.39, 0.29) is 0 Å². The molecule has 0 spiro atoms. The van der Waals surface area contributed by atoms with Crippen molar-refractivity contribution in [3.63, 3.8) is 0 Å². The van der Waals surface area contributed by atoms with E-state index in [9.17, 15) is 0 Å². The van der Waals surface area contributed by atoms with Crippen molar-refractivity contribution in [2.24, 2.45) is 5.92 Å². The Balaban J connectivity index is 2.90. The molecular weight excluding hydrogens is 206 g/mol. The molecule has 1 aliphatic rings. The lowest BCUT2D eigenvalue weighted by Crippen LogP contribution is -2.06. The molecule has 17 heavy (non-hydrogen) atoms. The van der Waals surface area contributed by atoms with Gasteiger partial charge in [0.05, 0.1) is 0 Å². The van der Waals surface area contributed by atoms with Crippen LogP contribution in [0.5, 0.6) is 0 Å². The van der Waals surface area contributed by atoms with Gasteiger partial charge in [-0.3, -0.25) is 0 Å². The molecule has 1 rings (SSSR count). The van der Waals surface area contributed by atoms with Crippen molar-refractivity contribution >= 4 is 0 Å². The Kier molecular flexibility index (Phi) is 5.02. The van der Waals surface area contributed by atoms with Gasteiger partial charge >= 0.3 is 0 Å². The molecule has 1 atom stereocenters. The third-order valence-corrected chi connectivity index (χ3v) is 2.43. The summed E-state index contributed by atoms with van der Waals surface area (Å²) in [6.07, 6.45) is 15.8. The Morgan fingerprint density at radius 3 is 2.06 bits per heavy atom. The van der Waals surface area contributed by atoms with E-state index in [0.717, 1.165) is 17.0 Å². The smallest absolute Gasteiger partial charge is 0.0311 e.